The Kier molecular flexibility index (Phi) is 5.33. The van der Waals surface area contributed by atoms with E-state index in [1.165, 1.54) is 35.2 Å². The zero-order valence-electron chi connectivity index (χ0n) is 15.3. The Hall–Kier alpha value is -2.63. The van der Waals surface area contributed by atoms with Crippen LogP contribution < -0.4 is 14.8 Å². The van der Waals surface area contributed by atoms with Crippen LogP contribution in [-0.2, 0) is 26.6 Å². The van der Waals surface area contributed by atoms with E-state index < -0.39 is 20.0 Å². The Balaban J connectivity index is 1.96. The van der Waals surface area contributed by atoms with E-state index >= 15 is 0 Å². The summed E-state index contributed by atoms with van der Waals surface area (Å²) < 4.78 is 55.2. The van der Waals surface area contributed by atoms with Gasteiger partial charge in [0.2, 0.25) is 10.0 Å². The van der Waals surface area contributed by atoms with Crippen molar-refractivity contribution < 1.29 is 21.6 Å². The summed E-state index contributed by atoms with van der Waals surface area (Å²) in [5, 5.41) is 2.70. The van der Waals surface area contributed by atoms with Crippen LogP contribution in [0.4, 0.5) is 16.2 Å². The van der Waals surface area contributed by atoms with Gasteiger partial charge in [-0.05, 0) is 35.9 Å². The molecule has 1 aliphatic rings. The average Bonchev–Trinajstić information content (AvgIpc) is 2.63. The highest BCUT2D eigenvalue weighted by atomic mass is 32.2. The molecule has 2 aromatic carbocycles. The quantitative estimate of drug-likeness (QED) is 0.652. The minimum Gasteiger partial charge on any atom is -0.323 e. The van der Waals surface area contributed by atoms with Crippen LogP contribution in [0.5, 0.6) is 0 Å². The first kappa shape index (κ1) is 20.1. The normalized spacial score (nSPS) is 14.4. The molecule has 1 heterocycles. The minimum absolute atomic E-state index is 0.133. The van der Waals surface area contributed by atoms with Crippen LogP contribution in [0, 0.1) is 0 Å². The van der Waals surface area contributed by atoms with Crippen molar-refractivity contribution in [2.45, 2.75) is 23.3 Å². The lowest BCUT2D eigenvalue weighted by Crippen LogP contribution is -2.35. The van der Waals surface area contributed by atoms with Crippen molar-refractivity contribution >= 4 is 37.5 Å². The Morgan fingerprint density at radius 1 is 1.04 bits per heavy atom. The molecular formula is C17H20N4O5S2. The zero-order chi connectivity index (χ0) is 20.5. The molecule has 0 aliphatic carbocycles. The van der Waals surface area contributed by atoms with Gasteiger partial charge in [0.15, 0.2) is 0 Å². The second kappa shape index (κ2) is 7.41. The monoisotopic (exact) mass is 424 g/mol. The van der Waals surface area contributed by atoms with Crippen molar-refractivity contribution in [2.24, 2.45) is 0 Å². The van der Waals surface area contributed by atoms with Crippen molar-refractivity contribution in [3.05, 3.63) is 48.0 Å². The van der Waals surface area contributed by atoms with Gasteiger partial charge in [0.25, 0.3) is 10.0 Å². The number of carbonyl (C=O) groups is 1. The van der Waals surface area contributed by atoms with E-state index in [4.69, 9.17) is 0 Å². The lowest BCUT2D eigenvalue weighted by molar-refractivity contribution is 0.218. The molecule has 11 heteroatoms. The number of sulfonamides is 2. The van der Waals surface area contributed by atoms with Gasteiger partial charge in [0.1, 0.15) is 9.79 Å². The van der Waals surface area contributed by atoms with Crippen LogP contribution in [0.25, 0.3) is 0 Å². The zero-order valence-corrected chi connectivity index (χ0v) is 16.9. The fourth-order valence-electron chi connectivity index (χ4n) is 2.82. The molecule has 1 aliphatic heterocycles. The molecule has 0 spiro atoms. The summed E-state index contributed by atoms with van der Waals surface area (Å²) >= 11 is 0. The fraction of sp³-hybridized carbons (Fsp3) is 0.235. The van der Waals surface area contributed by atoms with Crippen LogP contribution in [-0.4, -0.2) is 41.4 Å². The number of hydrogen-bond donors (Lipinski definition) is 3. The van der Waals surface area contributed by atoms with Crippen molar-refractivity contribution in [2.75, 3.05) is 23.6 Å². The Morgan fingerprint density at radius 3 is 2.32 bits per heavy atom. The van der Waals surface area contributed by atoms with Gasteiger partial charge in [0.05, 0.1) is 0 Å². The molecule has 0 aromatic heterocycles. The summed E-state index contributed by atoms with van der Waals surface area (Å²) in [6, 6.07) is 9.84. The van der Waals surface area contributed by atoms with Gasteiger partial charge in [-0.3, -0.25) is 4.72 Å². The molecule has 0 saturated carbocycles. The largest absolute Gasteiger partial charge is 0.323 e. The number of carbonyl (C=O) groups excluding carboxylic acids is 1. The summed E-state index contributed by atoms with van der Waals surface area (Å²) in [7, 11) is -6.51. The third kappa shape index (κ3) is 3.96. The molecule has 0 unspecified atom stereocenters. The van der Waals surface area contributed by atoms with E-state index in [-0.39, 0.29) is 28.1 Å². The molecule has 0 atom stereocenters. The highest BCUT2D eigenvalue weighted by molar-refractivity contribution is 7.94. The van der Waals surface area contributed by atoms with Gasteiger partial charge in [-0.1, -0.05) is 19.1 Å². The molecular weight excluding hydrogens is 404 g/mol. The lowest BCUT2D eigenvalue weighted by atomic mass is 10.1. The number of amides is 2. The summed E-state index contributed by atoms with van der Waals surface area (Å²) in [6.45, 7) is 2.06. The maximum atomic E-state index is 12.9. The summed E-state index contributed by atoms with van der Waals surface area (Å²) in [6.07, 6.45) is 0. The van der Waals surface area contributed by atoms with Gasteiger partial charge < -0.3 is 10.2 Å². The molecule has 0 bridgehead atoms. The molecule has 28 heavy (non-hydrogen) atoms. The van der Waals surface area contributed by atoms with Gasteiger partial charge in [-0.25, -0.2) is 26.4 Å². The van der Waals surface area contributed by atoms with Crippen molar-refractivity contribution in [1.82, 2.24) is 9.62 Å². The van der Waals surface area contributed by atoms with E-state index in [0.717, 1.165) is 5.56 Å². The second-order valence-electron chi connectivity index (χ2n) is 6.21. The topological polar surface area (TPSA) is 125 Å². The molecule has 0 radical (unpaired) electrons. The van der Waals surface area contributed by atoms with E-state index in [1.54, 1.807) is 26.1 Å². The third-order valence-corrected chi connectivity index (χ3v) is 7.29. The fourth-order valence-corrected chi connectivity index (χ4v) is 5.74. The number of urea groups is 1. The van der Waals surface area contributed by atoms with Crippen LogP contribution in [0.15, 0.2) is 52.3 Å². The van der Waals surface area contributed by atoms with Crippen LogP contribution in [0.1, 0.15) is 12.5 Å². The van der Waals surface area contributed by atoms with Crippen molar-refractivity contribution in [3.8, 4) is 0 Å². The predicted molar refractivity (Wildman–Crippen MR) is 105 cm³/mol. The minimum atomic E-state index is -4.17. The standard InChI is InChI=1S/C17H20N4O5S2/c1-3-18-27(23,24)15-6-4-5-7-16(15)28(25,26)20-13-8-9-14-12(10-13)11-21(2)17(22)19-14/h4-10,18,20H,3,11H2,1-2H3,(H,19,22). The highest BCUT2D eigenvalue weighted by Gasteiger charge is 2.26. The first-order valence-electron chi connectivity index (χ1n) is 8.40. The number of nitrogens with zero attached hydrogens (tertiary/aromatic N) is 1. The van der Waals surface area contributed by atoms with Gasteiger partial charge in [-0.2, -0.15) is 0 Å². The maximum absolute atomic E-state index is 12.9. The number of rotatable bonds is 6. The molecule has 9 nitrogen and oxygen atoms in total. The lowest BCUT2D eigenvalue weighted by Gasteiger charge is -2.26. The first-order valence-corrected chi connectivity index (χ1v) is 11.4. The van der Waals surface area contributed by atoms with E-state index in [0.29, 0.717) is 12.2 Å². The molecule has 2 amide bonds. The molecule has 0 fully saturated rings. The first-order chi connectivity index (χ1) is 13.1. The molecule has 3 N–H and O–H groups in total. The van der Waals surface area contributed by atoms with Crippen molar-refractivity contribution in [1.29, 1.82) is 0 Å². The van der Waals surface area contributed by atoms with Crippen LogP contribution in [0.3, 0.4) is 0 Å². The van der Waals surface area contributed by atoms with Crippen LogP contribution >= 0.6 is 0 Å². The highest BCUT2D eigenvalue weighted by Crippen LogP contribution is 2.28. The molecule has 150 valence electrons. The van der Waals surface area contributed by atoms with Gasteiger partial charge in [-0.15, -0.1) is 0 Å². The Morgan fingerprint density at radius 2 is 1.68 bits per heavy atom. The van der Waals surface area contributed by atoms with E-state index in [1.807, 2.05) is 0 Å². The van der Waals surface area contributed by atoms with E-state index in [9.17, 15) is 21.6 Å². The number of nitrogens with one attached hydrogen (secondary N) is 3. The Bertz CT molecular complexity index is 1130. The van der Waals surface area contributed by atoms with Gasteiger partial charge >= 0.3 is 6.03 Å². The van der Waals surface area contributed by atoms with Gasteiger partial charge in [0, 0.05) is 31.5 Å². The number of anilines is 2. The maximum Gasteiger partial charge on any atom is 0.321 e. The average molecular weight is 425 g/mol. The second-order valence-corrected chi connectivity index (χ2v) is 9.60. The molecule has 3 rings (SSSR count). The summed E-state index contributed by atoms with van der Waals surface area (Å²) in [5.41, 5.74) is 1.59. The van der Waals surface area contributed by atoms with E-state index in [2.05, 4.69) is 14.8 Å². The summed E-state index contributed by atoms with van der Waals surface area (Å²) in [4.78, 5) is 12.5. The molecule has 0 saturated heterocycles. The summed E-state index contributed by atoms with van der Waals surface area (Å²) in [5.74, 6) is 0. The molecule has 2 aromatic rings. The third-order valence-electron chi connectivity index (χ3n) is 4.12. The number of benzene rings is 2. The SMILES string of the molecule is CCNS(=O)(=O)c1ccccc1S(=O)(=O)Nc1ccc2c(c1)CN(C)C(=O)N2. The van der Waals surface area contributed by atoms with Crippen molar-refractivity contribution in [3.63, 3.8) is 0 Å². The Labute approximate surface area is 163 Å². The number of hydrogen-bond acceptors (Lipinski definition) is 5. The number of fused-ring (bicyclic) bond motifs is 1. The smallest absolute Gasteiger partial charge is 0.321 e. The van der Waals surface area contributed by atoms with Crippen LogP contribution in [0.2, 0.25) is 0 Å². The predicted octanol–water partition coefficient (Wildman–Crippen LogP) is 1.76.